The number of carbonyl (C=O) groups excluding carboxylic acids is 2. The third-order valence-corrected chi connectivity index (χ3v) is 5.58. The van der Waals surface area contributed by atoms with Crippen LogP contribution < -0.4 is 30.6 Å². The average Bonchev–Trinajstić information content (AvgIpc) is 2.78. The first-order chi connectivity index (χ1) is 15.0. The number of methoxy groups -OCH3 is 2. The molecule has 0 bridgehead atoms. The zero-order valence-corrected chi connectivity index (χ0v) is 17.5. The van der Waals surface area contributed by atoms with Gasteiger partial charge in [-0.1, -0.05) is 0 Å². The monoisotopic (exact) mass is 427 g/mol. The predicted octanol–water partition coefficient (Wildman–Crippen LogP) is 1.84. The van der Waals surface area contributed by atoms with Gasteiger partial charge in [-0.25, -0.2) is 0 Å². The smallest absolute Gasteiger partial charge is 0.258 e. The van der Waals surface area contributed by atoms with Gasteiger partial charge in [-0.05, 0) is 31.4 Å². The normalized spacial score (nSPS) is 18.1. The molecule has 164 valence electrons. The lowest BCUT2D eigenvalue weighted by molar-refractivity contribution is -0.123. The number of piperidine rings is 1. The Morgan fingerprint density at radius 2 is 1.94 bits per heavy atom. The van der Waals surface area contributed by atoms with Gasteiger partial charge in [0.1, 0.15) is 17.3 Å². The molecule has 1 aromatic heterocycles. The molecule has 10 heteroatoms. The summed E-state index contributed by atoms with van der Waals surface area (Å²) in [6.45, 7) is 1.57. The highest BCUT2D eigenvalue weighted by Gasteiger charge is 2.35. The highest BCUT2D eigenvalue weighted by molar-refractivity contribution is 6.05. The van der Waals surface area contributed by atoms with Crippen LogP contribution >= 0.6 is 0 Å². The Morgan fingerprint density at radius 3 is 2.65 bits per heavy atom. The Morgan fingerprint density at radius 1 is 1.16 bits per heavy atom. The number of ether oxygens (including phenoxy) is 2. The van der Waals surface area contributed by atoms with Crippen LogP contribution in [0.3, 0.4) is 0 Å². The summed E-state index contributed by atoms with van der Waals surface area (Å²) in [6, 6.07) is 4.98. The van der Waals surface area contributed by atoms with Gasteiger partial charge in [-0.15, -0.1) is 0 Å². The van der Waals surface area contributed by atoms with Crippen LogP contribution in [0.1, 0.15) is 37.2 Å². The van der Waals surface area contributed by atoms with Crippen LogP contribution in [0.25, 0.3) is 0 Å². The molecule has 10 nitrogen and oxygen atoms in total. The fraction of sp³-hybridized carbons (Fsp3) is 0.429. The van der Waals surface area contributed by atoms with Crippen molar-refractivity contribution in [3.05, 3.63) is 34.1 Å². The summed E-state index contributed by atoms with van der Waals surface area (Å²) in [5, 5.41) is 5.41. The van der Waals surface area contributed by atoms with Crippen LogP contribution in [0.2, 0.25) is 0 Å². The molecule has 3 heterocycles. The molecule has 31 heavy (non-hydrogen) atoms. The zero-order valence-electron chi connectivity index (χ0n) is 17.5. The van der Waals surface area contributed by atoms with Crippen molar-refractivity contribution in [2.45, 2.75) is 31.6 Å². The summed E-state index contributed by atoms with van der Waals surface area (Å²) in [5.74, 6) is -0.330. The number of aromatic nitrogens is 2. The first kappa shape index (κ1) is 20.7. The summed E-state index contributed by atoms with van der Waals surface area (Å²) in [4.78, 5) is 47.6. The van der Waals surface area contributed by atoms with Crippen LogP contribution in [0.15, 0.2) is 23.0 Å². The summed E-state index contributed by atoms with van der Waals surface area (Å²) in [7, 11) is 3.00. The predicted molar refractivity (Wildman–Crippen MR) is 115 cm³/mol. The Balaban J connectivity index is 1.66. The number of nitrogens with one attached hydrogen (secondary N) is 3. The molecular weight excluding hydrogens is 402 g/mol. The van der Waals surface area contributed by atoms with Gasteiger partial charge in [-0.3, -0.25) is 19.4 Å². The number of aromatic amines is 1. The number of nitrogens with zero attached hydrogens (tertiary/aromatic N) is 2. The van der Waals surface area contributed by atoms with Gasteiger partial charge in [-0.2, -0.15) is 4.98 Å². The quantitative estimate of drug-likeness (QED) is 0.665. The molecule has 2 amide bonds. The van der Waals surface area contributed by atoms with Crippen molar-refractivity contribution in [1.82, 2.24) is 9.97 Å². The highest BCUT2D eigenvalue weighted by Crippen LogP contribution is 2.33. The average molecular weight is 427 g/mol. The van der Waals surface area contributed by atoms with Gasteiger partial charge in [0.05, 0.1) is 31.4 Å². The second-order valence-corrected chi connectivity index (χ2v) is 7.56. The maximum Gasteiger partial charge on any atom is 0.258 e. The van der Waals surface area contributed by atoms with Crippen molar-refractivity contribution in [3.8, 4) is 11.5 Å². The highest BCUT2D eigenvalue weighted by atomic mass is 16.5. The van der Waals surface area contributed by atoms with Crippen LogP contribution in [0, 0.1) is 0 Å². The molecule has 1 saturated heterocycles. The SMILES string of the molecule is COc1ccc(OC)c(NC(=O)[C@H]2CC(=O)Nc3nc(N4CCCCC4)[nH]c(=O)c32)c1. The fourth-order valence-corrected chi connectivity index (χ4v) is 3.97. The van der Waals surface area contributed by atoms with Gasteiger partial charge < -0.3 is 25.0 Å². The second kappa shape index (κ2) is 8.66. The van der Waals surface area contributed by atoms with Crippen molar-refractivity contribution in [2.75, 3.05) is 42.8 Å². The van der Waals surface area contributed by atoms with E-state index in [1.165, 1.54) is 14.2 Å². The van der Waals surface area contributed by atoms with Crippen molar-refractivity contribution in [3.63, 3.8) is 0 Å². The van der Waals surface area contributed by atoms with E-state index >= 15 is 0 Å². The van der Waals surface area contributed by atoms with E-state index in [-0.39, 0.29) is 23.7 Å². The van der Waals surface area contributed by atoms with E-state index in [9.17, 15) is 14.4 Å². The number of rotatable bonds is 5. The van der Waals surface area contributed by atoms with Crippen molar-refractivity contribution in [1.29, 1.82) is 0 Å². The molecule has 2 aliphatic heterocycles. The lowest BCUT2D eigenvalue weighted by Gasteiger charge is -2.29. The number of anilines is 3. The Kier molecular flexibility index (Phi) is 5.79. The van der Waals surface area contributed by atoms with Crippen molar-refractivity contribution >= 4 is 29.3 Å². The summed E-state index contributed by atoms with van der Waals surface area (Å²) in [6.07, 6.45) is 3.01. The van der Waals surface area contributed by atoms with E-state index in [0.717, 1.165) is 32.4 Å². The molecule has 2 aromatic rings. The molecular formula is C21H25N5O5. The van der Waals surface area contributed by atoms with Gasteiger partial charge in [0.15, 0.2) is 0 Å². The van der Waals surface area contributed by atoms with E-state index in [1.807, 2.05) is 4.90 Å². The van der Waals surface area contributed by atoms with E-state index in [0.29, 0.717) is 23.1 Å². The van der Waals surface area contributed by atoms with Gasteiger partial charge in [0, 0.05) is 25.6 Å². The maximum absolute atomic E-state index is 13.1. The summed E-state index contributed by atoms with van der Waals surface area (Å²) >= 11 is 0. The van der Waals surface area contributed by atoms with Crippen molar-refractivity contribution in [2.24, 2.45) is 0 Å². The number of hydrogen-bond acceptors (Lipinski definition) is 7. The van der Waals surface area contributed by atoms with Crippen LogP contribution in [0.4, 0.5) is 17.5 Å². The topological polar surface area (TPSA) is 126 Å². The number of amides is 2. The molecule has 1 atom stereocenters. The van der Waals surface area contributed by atoms with Crippen LogP contribution in [-0.4, -0.2) is 49.1 Å². The number of fused-ring (bicyclic) bond motifs is 1. The largest absolute Gasteiger partial charge is 0.497 e. The second-order valence-electron chi connectivity index (χ2n) is 7.56. The standard InChI is InChI=1S/C21H25N5O5/c1-30-12-6-7-15(31-2)14(10-12)22-19(28)13-11-16(27)23-18-17(13)20(29)25-21(24-18)26-8-4-3-5-9-26/h6-7,10,13H,3-5,8-9,11H2,1-2H3,(H,22,28)(H2,23,24,25,27,29)/t13-/m0/s1. The Hall–Kier alpha value is -3.56. The number of carbonyl (C=O) groups is 2. The van der Waals surface area contributed by atoms with E-state index in [2.05, 4.69) is 20.6 Å². The van der Waals surface area contributed by atoms with Gasteiger partial charge >= 0.3 is 0 Å². The first-order valence-corrected chi connectivity index (χ1v) is 10.2. The van der Waals surface area contributed by atoms with Crippen LogP contribution in [0.5, 0.6) is 11.5 Å². The molecule has 0 spiro atoms. The summed E-state index contributed by atoms with van der Waals surface area (Å²) < 4.78 is 10.5. The molecule has 2 aliphatic rings. The fourth-order valence-electron chi connectivity index (χ4n) is 3.97. The van der Waals surface area contributed by atoms with Gasteiger partial charge in [0.25, 0.3) is 5.56 Å². The molecule has 0 radical (unpaired) electrons. The summed E-state index contributed by atoms with van der Waals surface area (Å²) in [5.41, 5.74) is 0.108. The number of H-pyrrole nitrogens is 1. The molecule has 1 fully saturated rings. The molecule has 0 saturated carbocycles. The third kappa shape index (κ3) is 4.18. The molecule has 1 aromatic carbocycles. The lowest BCUT2D eigenvalue weighted by atomic mass is 9.92. The number of hydrogen-bond donors (Lipinski definition) is 3. The molecule has 4 rings (SSSR count). The number of benzene rings is 1. The van der Waals surface area contributed by atoms with E-state index < -0.39 is 17.4 Å². The minimum atomic E-state index is -0.980. The molecule has 3 N–H and O–H groups in total. The maximum atomic E-state index is 13.1. The van der Waals surface area contributed by atoms with E-state index in [1.54, 1.807) is 18.2 Å². The third-order valence-electron chi connectivity index (χ3n) is 5.58. The van der Waals surface area contributed by atoms with E-state index in [4.69, 9.17) is 9.47 Å². The van der Waals surface area contributed by atoms with Crippen molar-refractivity contribution < 1.29 is 19.1 Å². The van der Waals surface area contributed by atoms with Crippen LogP contribution in [-0.2, 0) is 9.59 Å². The van der Waals surface area contributed by atoms with Gasteiger partial charge in [0.2, 0.25) is 17.8 Å². The Bertz CT molecular complexity index is 1060. The minimum absolute atomic E-state index is 0.137. The minimum Gasteiger partial charge on any atom is -0.497 e. The zero-order chi connectivity index (χ0) is 22.0. The Labute approximate surface area is 179 Å². The first-order valence-electron chi connectivity index (χ1n) is 10.2. The lowest BCUT2D eigenvalue weighted by Crippen LogP contribution is -2.38. The molecule has 0 aliphatic carbocycles. The molecule has 0 unspecified atom stereocenters.